The lowest BCUT2D eigenvalue weighted by Gasteiger charge is -2.10. The largest absolute Gasteiger partial charge is 0.388 e. The highest BCUT2D eigenvalue weighted by Gasteiger charge is 2.05. The molecule has 1 aromatic carbocycles. The number of aliphatic hydroxyl groups excluding tert-OH is 1. The Morgan fingerprint density at radius 2 is 1.93 bits per heavy atom. The zero-order valence-electron chi connectivity index (χ0n) is 8.74. The Morgan fingerprint density at radius 3 is 2.43 bits per heavy atom. The topological polar surface area (TPSA) is 46.2 Å². The van der Waals surface area contributed by atoms with E-state index in [-0.39, 0.29) is 6.10 Å². The van der Waals surface area contributed by atoms with Crippen LogP contribution in [0, 0.1) is 0 Å². The molecule has 0 amide bonds. The van der Waals surface area contributed by atoms with E-state index in [0.717, 1.165) is 24.8 Å². The van der Waals surface area contributed by atoms with Crippen molar-refractivity contribution in [2.45, 2.75) is 32.3 Å². The van der Waals surface area contributed by atoms with Crippen molar-refractivity contribution in [3.8, 4) is 0 Å². The van der Waals surface area contributed by atoms with Crippen LogP contribution in [0.4, 0.5) is 0 Å². The van der Waals surface area contributed by atoms with Gasteiger partial charge in [-0.1, -0.05) is 31.2 Å². The van der Waals surface area contributed by atoms with Crippen LogP contribution in [0.2, 0.25) is 0 Å². The van der Waals surface area contributed by atoms with Crippen LogP contribution >= 0.6 is 0 Å². The summed E-state index contributed by atoms with van der Waals surface area (Å²) in [4.78, 5) is 0. The van der Waals surface area contributed by atoms with Crippen LogP contribution in [0.5, 0.6) is 0 Å². The minimum absolute atomic E-state index is 0.357. The van der Waals surface area contributed by atoms with Crippen molar-refractivity contribution in [3.05, 3.63) is 35.4 Å². The van der Waals surface area contributed by atoms with Gasteiger partial charge >= 0.3 is 0 Å². The van der Waals surface area contributed by atoms with Crippen molar-refractivity contribution in [3.63, 3.8) is 0 Å². The number of nitrogens with two attached hydrogens (primary N) is 1. The van der Waals surface area contributed by atoms with Gasteiger partial charge in [-0.25, -0.2) is 0 Å². The Morgan fingerprint density at radius 1 is 1.29 bits per heavy atom. The molecule has 78 valence electrons. The summed E-state index contributed by atoms with van der Waals surface area (Å²) in [5, 5.41) is 9.76. The van der Waals surface area contributed by atoms with Crippen LogP contribution in [-0.4, -0.2) is 11.7 Å². The average Bonchev–Trinajstić information content (AvgIpc) is 2.26. The number of hydrogen-bond donors (Lipinski definition) is 2. The fraction of sp³-hybridized carbons (Fsp3) is 0.500. The first-order valence-corrected chi connectivity index (χ1v) is 5.25. The molecule has 0 aromatic heterocycles. The highest BCUT2D eigenvalue weighted by atomic mass is 16.3. The Labute approximate surface area is 85.8 Å². The van der Waals surface area contributed by atoms with Gasteiger partial charge in [-0.3, -0.25) is 0 Å². The molecule has 0 spiro atoms. The maximum atomic E-state index is 9.76. The molecule has 0 saturated carbocycles. The van der Waals surface area contributed by atoms with Gasteiger partial charge in [0.2, 0.25) is 0 Å². The van der Waals surface area contributed by atoms with Crippen LogP contribution in [0.25, 0.3) is 0 Å². The van der Waals surface area contributed by atoms with Crippen molar-refractivity contribution < 1.29 is 5.11 Å². The quantitative estimate of drug-likeness (QED) is 0.751. The molecule has 1 aromatic rings. The predicted molar refractivity (Wildman–Crippen MR) is 59.1 cm³/mol. The smallest absolute Gasteiger partial charge is 0.0790 e. The van der Waals surface area contributed by atoms with E-state index in [1.54, 1.807) is 0 Å². The maximum absolute atomic E-state index is 9.76. The molecule has 1 atom stereocenters. The first kappa shape index (κ1) is 11.2. The van der Waals surface area contributed by atoms with Gasteiger partial charge in [-0.05, 0) is 36.9 Å². The van der Waals surface area contributed by atoms with Gasteiger partial charge in [0.15, 0.2) is 0 Å². The Balaban J connectivity index is 2.57. The SMILES string of the molecule is CCc1ccc(C(O)CCCN)cc1. The lowest BCUT2D eigenvalue weighted by molar-refractivity contribution is 0.165. The fourth-order valence-electron chi connectivity index (χ4n) is 1.45. The van der Waals surface area contributed by atoms with Crippen LogP contribution in [0.1, 0.15) is 37.0 Å². The molecule has 0 aliphatic rings. The zero-order valence-corrected chi connectivity index (χ0v) is 8.74. The monoisotopic (exact) mass is 193 g/mol. The van der Waals surface area contributed by atoms with E-state index in [1.807, 2.05) is 12.1 Å². The lowest BCUT2D eigenvalue weighted by Crippen LogP contribution is -2.03. The number of aliphatic hydroxyl groups is 1. The summed E-state index contributed by atoms with van der Waals surface area (Å²) in [6.07, 6.45) is 2.31. The molecule has 2 heteroatoms. The number of rotatable bonds is 5. The standard InChI is InChI=1S/C12H19NO/c1-2-10-5-7-11(8-6-10)12(14)4-3-9-13/h5-8,12,14H,2-4,9,13H2,1H3. The highest BCUT2D eigenvalue weighted by molar-refractivity contribution is 5.23. The van der Waals surface area contributed by atoms with Gasteiger partial charge in [0.1, 0.15) is 0 Å². The fourth-order valence-corrected chi connectivity index (χ4v) is 1.45. The molecule has 0 radical (unpaired) electrons. The zero-order chi connectivity index (χ0) is 10.4. The summed E-state index contributed by atoms with van der Waals surface area (Å²) in [6, 6.07) is 8.14. The summed E-state index contributed by atoms with van der Waals surface area (Å²) in [7, 11) is 0. The molecule has 0 aliphatic heterocycles. The second-order valence-electron chi connectivity index (χ2n) is 3.54. The first-order chi connectivity index (χ1) is 6.77. The summed E-state index contributed by atoms with van der Waals surface area (Å²) in [6.45, 7) is 2.77. The first-order valence-electron chi connectivity index (χ1n) is 5.25. The summed E-state index contributed by atoms with van der Waals surface area (Å²) in [5.41, 5.74) is 7.69. The second kappa shape index (κ2) is 5.78. The Bertz CT molecular complexity index is 256. The average molecular weight is 193 g/mol. The van der Waals surface area contributed by atoms with E-state index in [4.69, 9.17) is 5.73 Å². The van der Waals surface area contributed by atoms with Crippen molar-refractivity contribution >= 4 is 0 Å². The van der Waals surface area contributed by atoms with Gasteiger partial charge in [-0.15, -0.1) is 0 Å². The van der Waals surface area contributed by atoms with Crippen molar-refractivity contribution in [1.29, 1.82) is 0 Å². The van der Waals surface area contributed by atoms with Crippen molar-refractivity contribution in [2.24, 2.45) is 5.73 Å². The van der Waals surface area contributed by atoms with E-state index in [9.17, 15) is 5.11 Å². The minimum Gasteiger partial charge on any atom is -0.388 e. The third kappa shape index (κ3) is 3.13. The number of aryl methyl sites for hydroxylation is 1. The molecule has 0 saturated heterocycles. The van der Waals surface area contributed by atoms with E-state index in [0.29, 0.717) is 6.54 Å². The molecule has 0 aliphatic carbocycles. The summed E-state index contributed by atoms with van der Waals surface area (Å²) >= 11 is 0. The lowest BCUT2D eigenvalue weighted by atomic mass is 10.0. The van der Waals surface area contributed by atoms with Gasteiger partial charge in [0.05, 0.1) is 6.10 Å². The van der Waals surface area contributed by atoms with Gasteiger partial charge < -0.3 is 10.8 Å². The number of hydrogen-bond acceptors (Lipinski definition) is 2. The van der Waals surface area contributed by atoms with Crippen molar-refractivity contribution in [1.82, 2.24) is 0 Å². The Hall–Kier alpha value is -0.860. The second-order valence-corrected chi connectivity index (χ2v) is 3.54. The normalized spacial score (nSPS) is 12.8. The van der Waals surface area contributed by atoms with Gasteiger partial charge in [-0.2, -0.15) is 0 Å². The molecule has 1 rings (SSSR count). The van der Waals surface area contributed by atoms with Gasteiger partial charge in [0, 0.05) is 0 Å². The van der Waals surface area contributed by atoms with E-state index < -0.39 is 0 Å². The third-order valence-electron chi connectivity index (χ3n) is 2.45. The van der Waals surface area contributed by atoms with Gasteiger partial charge in [0.25, 0.3) is 0 Å². The van der Waals surface area contributed by atoms with Crippen LogP contribution in [0.3, 0.4) is 0 Å². The molecule has 0 bridgehead atoms. The predicted octanol–water partition coefficient (Wildman–Crippen LogP) is 2.02. The van der Waals surface area contributed by atoms with E-state index in [2.05, 4.69) is 19.1 Å². The van der Waals surface area contributed by atoms with Crippen LogP contribution < -0.4 is 5.73 Å². The molecule has 0 heterocycles. The van der Waals surface area contributed by atoms with Crippen LogP contribution in [-0.2, 0) is 6.42 Å². The molecular formula is C12H19NO. The molecule has 1 unspecified atom stereocenters. The highest BCUT2D eigenvalue weighted by Crippen LogP contribution is 2.18. The Kier molecular flexibility index (Phi) is 4.63. The molecule has 14 heavy (non-hydrogen) atoms. The maximum Gasteiger partial charge on any atom is 0.0790 e. The minimum atomic E-state index is -0.357. The van der Waals surface area contributed by atoms with Crippen molar-refractivity contribution in [2.75, 3.05) is 6.54 Å². The summed E-state index contributed by atoms with van der Waals surface area (Å²) in [5.74, 6) is 0. The molecule has 3 N–H and O–H groups in total. The van der Waals surface area contributed by atoms with E-state index in [1.165, 1.54) is 5.56 Å². The van der Waals surface area contributed by atoms with E-state index >= 15 is 0 Å². The van der Waals surface area contributed by atoms with Crippen LogP contribution in [0.15, 0.2) is 24.3 Å². The number of benzene rings is 1. The molecule has 2 nitrogen and oxygen atoms in total. The summed E-state index contributed by atoms with van der Waals surface area (Å²) < 4.78 is 0. The molecular weight excluding hydrogens is 174 g/mol. The molecule has 0 fully saturated rings. The third-order valence-corrected chi connectivity index (χ3v) is 2.45.